The molecule has 0 radical (unpaired) electrons. The van der Waals surface area contributed by atoms with Gasteiger partial charge in [0.25, 0.3) is 0 Å². The lowest BCUT2D eigenvalue weighted by Gasteiger charge is -2.31. The molecule has 0 aromatic rings. The molecule has 5 unspecified atom stereocenters. The Bertz CT molecular complexity index is 94.0. The number of hydrogen-bond acceptors (Lipinski definition) is 0. The fourth-order valence-electron chi connectivity index (χ4n) is 0.763. The van der Waals surface area contributed by atoms with Crippen LogP contribution >= 0.6 is 42.4 Å². The second-order valence-corrected chi connectivity index (χ2v) is 12.2. The number of rotatable bonds is 4. The lowest BCUT2D eigenvalue weighted by atomic mass is 10.3. The summed E-state index contributed by atoms with van der Waals surface area (Å²) in [5, 5.41) is 0. The molecule has 0 saturated heterocycles. The molecule has 0 aliphatic rings. The molecule has 0 aliphatic carbocycles. The van der Waals surface area contributed by atoms with Gasteiger partial charge in [-0.1, -0.05) is 35.8 Å². The van der Waals surface area contributed by atoms with Crippen molar-refractivity contribution < 1.29 is 0 Å². The van der Waals surface area contributed by atoms with Crippen molar-refractivity contribution >= 4 is 42.4 Å². The van der Waals surface area contributed by atoms with E-state index in [0.29, 0.717) is 4.90 Å². The summed E-state index contributed by atoms with van der Waals surface area (Å²) in [6, 6.07) is 0. The third-order valence-corrected chi connectivity index (χ3v) is 12.6. The summed E-state index contributed by atoms with van der Waals surface area (Å²) in [5.74, 6) is 0. The molecule has 0 N–H and O–H groups in total. The van der Waals surface area contributed by atoms with Gasteiger partial charge in [0.2, 0.25) is 0 Å². The smallest absolute Gasteiger partial charge is 0.0153 e. The molecule has 0 aliphatic heterocycles. The van der Waals surface area contributed by atoms with Crippen molar-refractivity contribution in [2.24, 2.45) is 0 Å². The van der Waals surface area contributed by atoms with E-state index in [4.69, 9.17) is 0 Å². The van der Waals surface area contributed by atoms with Gasteiger partial charge in [-0.3, -0.25) is 0 Å². The second-order valence-electron chi connectivity index (χ2n) is 2.58. The van der Waals surface area contributed by atoms with Crippen LogP contribution in [0.2, 0.25) is 0 Å². The summed E-state index contributed by atoms with van der Waals surface area (Å²) in [6.45, 7) is 4.64. The molecule has 0 heterocycles. The van der Waals surface area contributed by atoms with Crippen molar-refractivity contribution in [3.8, 4) is 0 Å². The van der Waals surface area contributed by atoms with Gasteiger partial charge in [-0.2, -0.15) is 0 Å². The normalized spacial score (nSPS) is 18.6. The van der Waals surface area contributed by atoms with E-state index in [1.54, 1.807) is 0 Å². The first-order valence-electron chi connectivity index (χ1n) is 3.34. The van der Waals surface area contributed by atoms with Crippen molar-refractivity contribution in [2.75, 3.05) is 0 Å². The van der Waals surface area contributed by atoms with Crippen LogP contribution in [0.15, 0.2) is 0 Å². The van der Waals surface area contributed by atoms with Crippen LogP contribution in [-0.4, -0.2) is 4.90 Å². The first-order chi connectivity index (χ1) is 4.56. The van der Waals surface area contributed by atoms with E-state index in [9.17, 15) is 0 Å². The van der Waals surface area contributed by atoms with Crippen molar-refractivity contribution in [1.29, 1.82) is 0 Å². The average Bonchev–Trinajstić information content (AvgIpc) is 1.88. The Hall–Kier alpha value is 2.15. The highest BCUT2D eigenvalue weighted by molar-refractivity contribution is 8.46. The van der Waals surface area contributed by atoms with Crippen molar-refractivity contribution in [1.82, 2.24) is 0 Å². The lowest BCUT2D eigenvalue weighted by molar-refractivity contribution is 0.743. The molecule has 0 saturated carbocycles. The van der Waals surface area contributed by atoms with Crippen LogP contribution in [-0.2, 0) is 0 Å². The first-order valence-corrected chi connectivity index (χ1v) is 10.7. The number of hydrogen-bond donors (Lipinski definition) is 0. The summed E-state index contributed by atoms with van der Waals surface area (Å²) in [5.41, 5.74) is 0. The molecular formula is C5H17P5. The van der Waals surface area contributed by atoms with Crippen LogP contribution in [0.3, 0.4) is 0 Å². The van der Waals surface area contributed by atoms with Crippen LogP contribution in [0.5, 0.6) is 0 Å². The van der Waals surface area contributed by atoms with Gasteiger partial charge in [0.1, 0.15) is 0 Å². The van der Waals surface area contributed by atoms with E-state index in [1.165, 1.54) is 12.8 Å². The van der Waals surface area contributed by atoms with E-state index in [0.717, 1.165) is 8.27 Å². The molecule has 5 atom stereocenters. The predicted molar refractivity (Wildman–Crippen MR) is 67.7 cm³/mol. The SMILES string of the molecule is CCCC(C)(PP)P(P)P. The average molecular weight is 232 g/mol. The zero-order chi connectivity index (χ0) is 8.20. The molecule has 0 amide bonds. The van der Waals surface area contributed by atoms with Gasteiger partial charge in [0.05, 0.1) is 0 Å². The molecule has 5 heteroatoms. The van der Waals surface area contributed by atoms with E-state index < -0.39 is 0 Å². The van der Waals surface area contributed by atoms with Crippen LogP contribution in [0.25, 0.3) is 0 Å². The minimum absolute atomic E-state index is 0.0729. The van der Waals surface area contributed by atoms with E-state index in [2.05, 4.69) is 40.6 Å². The van der Waals surface area contributed by atoms with Crippen molar-refractivity contribution in [3.63, 3.8) is 0 Å². The predicted octanol–water partition coefficient (Wildman–Crippen LogP) is 4.03. The summed E-state index contributed by atoms with van der Waals surface area (Å²) in [7, 11) is 9.84. The minimum atomic E-state index is 0.0729. The highest BCUT2D eigenvalue weighted by Gasteiger charge is 2.25. The van der Waals surface area contributed by atoms with E-state index >= 15 is 0 Å². The van der Waals surface area contributed by atoms with Gasteiger partial charge in [-0.05, 0) is 6.42 Å². The van der Waals surface area contributed by atoms with Gasteiger partial charge in [-0.25, -0.2) is 0 Å². The topological polar surface area (TPSA) is 0 Å². The fraction of sp³-hybridized carbons (Fsp3) is 1.00. The molecule has 62 valence electrons. The van der Waals surface area contributed by atoms with Crippen LogP contribution in [0, 0.1) is 0 Å². The third kappa shape index (κ3) is 3.70. The Balaban J connectivity index is 3.94. The lowest BCUT2D eigenvalue weighted by Crippen LogP contribution is -2.08. The standard InChI is InChI=1S/C5H17P5/c1-3-4-5(2,9-6)10(7)8/h9H,3-4,6-8H2,1-2H3. The quantitative estimate of drug-likeness (QED) is 0.642. The fourth-order valence-corrected chi connectivity index (χ4v) is 8.81. The molecule has 10 heavy (non-hydrogen) atoms. The first kappa shape index (κ1) is 12.2. The third-order valence-electron chi connectivity index (χ3n) is 1.62. The molecule has 0 fully saturated rings. The van der Waals surface area contributed by atoms with Crippen molar-refractivity contribution in [2.45, 2.75) is 31.6 Å². The summed E-state index contributed by atoms with van der Waals surface area (Å²) in [6.07, 6.45) is 2.66. The molecule has 0 aromatic carbocycles. The van der Waals surface area contributed by atoms with Crippen LogP contribution in [0.1, 0.15) is 26.7 Å². The molecule has 0 rings (SSSR count). The summed E-state index contributed by atoms with van der Waals surface area (Å²) < 4.78 is 0. The maximum atomic E-state index is 2.94. The molecule has 0 bridgehead atoms. The molecule has 0 spiro atoms. The minimum Gasteiger partial charge on any atom is -0.114 e. The maximum absolute atomic E-state index is 2.94. The zero-order valence-electron chi connectivity index (χ0n) is 6.59. The van der Waals surface area contributed by atoms with E-state index in [1.807, 2.05) is 0 Å². The Morgan fingerprint density at radius 3 is 2.10 bits per heavy atom. The van der Waals surface area contributed by atoms with Gasteiger partial charge < -0.3 is 0 Å². The van der Waals surface area contributed by atoms with Crippen molar-refractivity contribution in [3.05, 3.63) is 0 Å². The highest BCUT2D eigenvalue weighted by Crippen LogP contribution is 2.72. The van der Waals surface area contributed by atoms with Gasteiger partial charge in [0, 0.05) is 4.90 Å². The Morgan fingerprint density at radius 1 is 1.50 bits per heavy atom. The van der Waals surface area contributed by atoms with Gasteiger partial charge >= 0.3 is 0 Å². The molecule has 0 nitrogen and oxygen atoms in total. The van der Waals surface area contributed by atoms with E-state index in [-0.39, 0.29) is 7.30 Å². The Morgan fingerprint density at radius 2 is 2.00 bits per heavy atom. The largest absolute Gasteiger partial charge is 0.114 e. The van der Waals surface area contributed by atoms with Gasteiger partial charge in [0.15, 0.2) is 0 Å². The van der Waals surface area contributed by atoms with Crippen LogP contribution < -0.4 is 0 Å². The van der Waals surface area contributed by atoms with Crippen LogP contribution in [0.4, 0.5) is 0 Å². The summed E-state index contributed by atoms with van der Waals surface area (Å²) >= 11 is 0. The summed E-state index contributed by atoms with van der Waals surface area (Å²) in [4.78, 5) is 0.573. The highest BCUT2D eigenvalue weighted by atomic mass is 32.4. The Labute approximate surface area is 74.3 Å². The molecule has 0 aromatic heterocycles. The Kier molecular flexibility index (Phi) is 6.97. The molecular weight excluding hydrogens is 215 g/mol. The second kappa shape index (κ2) is 5.74. The maximum Gasteiger partial charge on any atom is 0.0153 e. The zero-order valence-corrected chi connectivity index (χ0v) is 12.0. The van der Waals surface area contributed by atoms with Gasteiger partial charge in [-0.15, -0.1) is 26.8 Å². The monoisotopic (exact) mass is 232 g/mol.